The van der Waals surface area contributed by atoms with Crippen LogP contribution in [-0.2, 0) is 4.79 Å². The number of likely N-dealkylation sites (N-methyl/N-ethyl adjacent to an activating group) is 1. The fourth-order valence-corrected chi connectivity index (χ4v) is 3.79. The van der Waals surface area contributed by atoms with Crippen LogP contribution in [0, 0.1) is 0 Å². The van der Waals surface area contributed by atoms with Crippen molar-refractivity contribution in [3.05, 3.63) is 84.0 Å². The van der Waals surface area contributed by atoms with Gasteiger partial charge in [0.1, 0.15) is 10.8 Å². The van der Waals surface area contributed by atoms with Crippen LogP contribution in [0.5, 0.6) is 5.75 Å². The van der Waals surface area contributed by atoms with E-state index >= 15 is 0 Å². The first-order chi connectivity index (χ1) is 18.3. The van der Waals surface area contributed by atoms with Crippen LogP contribution < -0.4 is 20.7 Å². The summed E-state index contributed by atoms with van der Waals surface area (Å²) in [7, 11) is 3.88. The van der Waals surface area contributed by atoms with Gasteiger partial charge in [0.05, 0.1) is 18.0 Å². The smallest absolute Gasteiger partial charge is 0.248 e. The second kappa shape index (κ2) is 12.4. The van der Waals surface area contributed by atoms with Crippen molar-refractivity contribution in [2.24, 2.45) is 0 Å². The van der Waals surface area contributed by atoms with Crippen LogP contribution in [0.3, 0.4) is 0 Å². The lowest BCUT2D eigenvalue weighted by Crippen LogP contribution is -2.13. The maximum Gasteiger partial charge on any atom is 0.248 e. The molecule has 196 valence electrons. The summed E-state index contributed by atoms with van der Waals surface area (Å²) in [5, 5.41) is 12.0. The molecule has 0 radical (unpaired) electrons. The van der Waals surface area contributed by atoms with Crippen molar-refractivity contribution in [1.29, 1.82) is 0 Å². The summed E-state index contributed by atoms with van der Waals surface area (Å²) >= 11 is 6.41. The standard InChI is InChI=1S/C29H31ClN6O2/c1-19(2)38-26-14-13-23(32-27(37)10-7-15-36(3)4)17-25(26)34-29-31-18-24(30)28(35-29)33-22-12-11-20-8-5-6-9-21(20)16-22/h5-14,16-19H,15H2,1-4H3,(H,32,37)(H2,31,33,34,35)/b10-7+. The van der Waals surface area contributed by atoms with Gasteiger partial charge in [-0.1, -0.05) is 48.0 Å². The molecule has 3 aromatic carbocycles. The zero-order valence-corrected chi connectivity index (χ0v) is 22.6. The second-order valence-electron chi connectivity index (χ2n) is 9.23. The predicted molar refractivity (Wildman–Crippen MR) is 156 cm³/mol. The topological polar surface area (TPSA) is 91.4 Å². The minimum atomic E-state index is -0.222. The van der Waals surface area contributed by atoms with Crippen LogP contribution in [0.2, 0.25) is 5.02 Å². The SMILES string of the molecule is CC(C)Oc1ccc(NC(=O)/C=C/CN(C)C)cc1Nc1ncc(Cl)c(Nc2ccc3ccccc3c2)n1. The number of carbonyl (C=O) groups is 1. The summed E-state index contributed by atoms with van der Waals surface area (Å²) in [6.07, 6.45) is 4.79. The molecule has 3 N–H and O–H groups in total. The number of rotatable bonds is 10. The maximum atomic E-state index is 12.3. The number of carbonyl (C=O) groups excluding carboxylic acids is 1. The van der Waals surface area contributed by atoms with Gasteiger partial charge in [-0.05, 0) is 69.0 Å². The Bertz CT molecular complexity index is 1450. The average molecular weight is 531 g/mol. The highest BCUT2D eigenvalue weighted by atomic mass is 35.5. The van der Waals surface area contributed by atoms with Crippen LogP contribution in [0.25, 0.3) is 10.8 Å². The first-order valence-corrected chi connectivity index (χ1v) is 12.6. The molecule has 1 heterocycles. The van der Waals surface area contributed by atoms with Crippen molar-refractivity contribution >= 4 is 57.1 Å². The summed E-state index contributed by atoms with van der Waals surface area (Å²) in [6.45, 7) is 4.56. The number of halogens is 1. The first-order valence-electron chi connectivity index (χ1n) is 12.2. The third kappa shape index (κ3) is 7.44. The summed E-state index contributed by atoms with van der Waals surface area (Å²) in [4.78, 5) is 23.2. The van der Waals surface area contributed by atoms with E-state index in [-0.39, 0.29) is 12.0 Å². The third-order valence-electron chi connectivity index (χ3n) is 5.35. The third-order valence-corrected chi connectivity index (χ3v) is 5.63. The van der Waals surface area contributed by atoms with Crippen molar-refractivity contribution in [2.75, 3.05) is 36.6 Å². The Hall–Kier alpha value is -4.14. The van der Waals surface area contributed by atoms with Gasteiger partial charge < -0.3 is 25.6 Å². The molecule has 4 aromatic rings. The molecule has 1 amide bonds. The normalized spacial score (nSPS) is 11.3. The monoisotopic (exact) mass is 530 g/mol. The van der Waals surface area contributed by atoms with Crippen molar-refractivity contribution in [1.82, 2.24) is 14.9 Å². The number of fused-ring (bicyclic) bond motifs is 1. The van der Waals surface area contributed by atoms with E-state index in [0.29, 0.717) is 40.5 Å². The molecule has 0 aliphatic rings. The van der Waals surface area contributed by atoms with E-state index in [1.54, 1.807) is 24.3 Å². The van der Waals surface area contributed by atoms with Crippen LogP contribution >= 0.6 is 11.6 Å². The molecule has 0 saturated carbocycles. The van der Waals surface area contributed by atoms with E-state index in [2.05, 4.69) is 38.1 Å². The molecule has 0 bridgehead atoms. The molecule has 0 saturated heterocycles. The van der Waals surface area contributed by atoms with Gasteiger partial charge in [0.25, 0.3) is 0 Å². The Kier molecular flexibility index (Phi) is 8.78. The lowest BCUT2D eigenvalue weighted by Gasteiger charge is -2.17. The molecule has 8 nitrogen and oxygen atoms in total. The van der Waals surface area contributed by atoms with Gasteiger partial charge in [-0.2, -0.15) is 4.98 Å². The predicted octanol–water partition coefficient (Wildman–Crippen LogP) is 6.61. The van der Waals surface area contributed by atoms with Gasteiger partial charge in [-0.25, -0.2) is 4.98 Å². The van der Waals surface area contributed by atoms with Gasteiger partial charge in [0.2, 0.25) is 11.9 Å². The van der Waals surface area contributed by atoms with E-state index in [9.17, 15) is 4.79 Å². The fourth-order valence-electron chi connectivity index (χ4n) is 3.66. The van der Waals surface area contributed by atoms with Crippen molar-refractivity contribution in [3.8, 4) is 5.75 Å². The van der Waals surface area contributed by atoms with Crippen LogP contribution in [-0.4, -0.2) is 47.5 Å². The zero-order valence-electron chi connectivity index (χ0n) is 21.8. The van der Waals surface area contributed by atoms with E-state index in [4.69, 9.17) is 16.3 Å². The molecular formula is C29H31ClN6O2. The van der Waals surface area contributed by atoms with Gasteiger partial charge in [-0.15, -0.1) is 0 Å². The number of aromatic nitrogens is 2. The fraction of sp³-hybridized carbons (Fsp3) is 0.207. The van der Waals surface area contributed by atoms with Crippen molar-refractivity contribution in [2.45, 2.75) is 20.0 Å². The number of hydrogen-bond donors (Lipinski definition) is 3. The van der Waals surface area contributed by atoms with Crippen molar-refractivity contribution in [3.63, 3.8) is 0 Å². The molecule has 38 heavy (non-hydrogen) atoms. The molecule has 4 rings (SSSR count). The summed E-state index contributed by atoms with van der Waals surface area (Å²) in [5.41, 5.74) is 2.06. The van der Waals surface area contributed by atoms with E-state index < -0.39 is 0 Å². The lowest BCUT2D eigenvalue weighted by molar-refractivity contribution is -0.111. The molecule has 0 unspecified atom stereocenters. The Morgan fingerprint density at radius 1 is 1.03 bits per heavy atom. The minimum absolute atomic E-state index is 0.0544. The largest absolute Gasteiger partial charge is 0.489 e. The highest BCUT2D eigenvalue weighted by Crippen LogP contribution is 2.32. The molecule has 0 aliphatic heterocycles. The second-order valence-corrected chi connectivity index (χ2v) is 9.64. The molecule has 9 heteroatoms. The maximum absolute atomic E-state index is 12.3. The number of hydrogen-bond acceptors (Lipinski definition) is 7. The summed E-state index contributed by atoms with van der Waals surface area (Å²) in [6, 6.07) is 19.5. The number of ether oxygens (including phenoxy) is 1. The number of amides is 1. The number of benzene rings is 3. The Balaban J connectivity index is 1.56. The highest BCUT2D eigenvalue weighted by Gasteiger charge is 2.12. The zero-order chi connectivity index (χ0) is 27.1. The van der Waals surface area contributed by atoms with Gasteiger partial charge in [0, 0.05) is 24.0 Å². The molecule has 1 aromatic heterocycles. The van der Waals surface area contributed by atoms with E-state index in [1.807, 2.05) is 63.2 Å². The van der Waals surface area contributed by atoms with E-state index in [1.165, 1.54) is 12.3 Å². The van der Waals surface area contributed by atoms with Crippen molar-refractivity contribution < 1.29 is 9.53 Å². The van der Waals surface area contributed by atoms with Crippen LogP contribution in [0.4, 0.5) is 28.8 Å². The minimum Gasteiger partial charge on any atom is -0.489 e. The van der Waals surface area contributed by atoms with Gasteiger partial charge in [-0.3, -0.25) is 4.79 Å². The quantitative estimate of drug-likeness (QED) is 0.199. The molecule has 0 spiro atoms. The average Bonchev–Trinajstić information content (AvgIpc) is 2.87. The number of nitrogens with zero attached hydrogens (tertiary/aromatic N) is 3. The van der Waals surface area contributed by atoms with Gasteiger partial charge in [0.15, 0.2) is 5.82 Å². The Morgan fingerprint density at radius 3 is 2.55 bits per heavy atom. The molecular weight excluding hydrogens is 500 g/mol. The first kappa shape index (κ1) is 26.9. The molecule has 0 fully saturated rings. The Labute approximate surface area is 227 Å². The van der Waals surface area contributed by atoms with Crippen LogP contribution in [0.1, 0.15) is 13.8 Å². The van der Waals surface area contributed by atoms with Crippen LogP contribution in [0.15, 0.2) is 79.0 Å². The molecule has 0 atom stereocenters. The summed E-state index contributed by atoms with van der Waals surface area (Å²) < 4.78 is 5.97. The van der Waals surface area contributed by atoms with Gasteiger partial charge >= 0.3 is 0 Å². The number of anilines is 5. The van der Waals surface area contributed by atoms with E-state index in [0.717, 1.165) is 16.5 Å². The lowest BCUT2D eigenvalue weighted by atomic mass is 10.1. The molecule has 0 aliphatic carbocycles. The Morgan fingerprint density at radius 2 is 1.79 bits per heavy atom. The highest BCUT2D eigenvalue weighted by molar-refractivity contribution is 6.33. The summed E-state index contributed by atoms with van der Waals surface area (Å²) in [5.74, 6) is 1.16. The number of nitrogens with one attached hydrogen (secondary N) is 3.